The van der Waals surface area contributed by atoms with Crippen LogP contribution in [0.1, 0.15) is 27.4 Å². The molecule has 1 heterocycles. The number of likely N-dealkylation sites (N-methyl/N-ethyl adjacent to an activating group) is 1. The van der Waals surface area contributed by atoms with E-state index in [1.807, 2.05) is 32.0 Å². The first kappa shape index (κ1) is 19.2. The normalized spacial score (nSPS) is 10.3. The number of rotatable bonds is 6. The van der Waals surface area contributed by atoms with Gasteiger partial charge in [-0.25, -0.2) is 4.79 Å². The van der Waals surface area contributed by atoms with E-state index in [4.69, 9.17) is 9.26 Å². The number of hydrogen-bond donors (Lipinski definition) is 1. The van der Waals surface area contributed by atoms with Gasteiger partial charge in [0.15, 0.2) is 6.61 Å². The number of carbonyl (C=O) groups is 3. The molecule has 0 saturated carbocycles. The van der Waals surface area contributed by atoms with E-state index in [1.165, 1.54) is 18.0 Å². The zero-order valence-corrected chi connectivity index (χ0v) is 15.2. The number of carbonyl (C=O) groups excluding carboxylic acids is 3. The SMILES string of the molecule is Cc1ccc(C)c(NC(=O)CN(C)C(=O)COC(=O)c2cc(C)no2)c1. The zero-order valence-electron chi connectivity index (χ0n) is 15.2. The number of aryl methyl sites for hydroxylation is 3. The highest BCUT2D eigenvalue weighted by Crippen LogP contribution is 2.16. The predicted octanol–water partition coefficient (Wildman–Crippen LogP) is 1.85. The van der Waals surface area contributed by atoms with Crippen molar-refractivity contribution < 1.29 is 23.6 Å². The van der Waals surface area contributed by atoms with Gasteiger partial charge in [0.1, 0.15) is 0 Å². The van der Waals surface area contributed by atoms with Gasteiger partial charge in [-0.15, -0.1) is 0 Å². The molecule has 2 amide bonds. The van der Waals surface area contributed by atoms with Crippen molar-refractivity contribution in [2.75, 3.05) is 25.5 Å². The second kappa shape index (κ2) is 8.28. The van der Waals surface area contributed by atoms with Crippen molar-refractivity contribution in [2.24, 2.45) is 0 Å². The first-order valence-corrected chi connectivity index (χ1v) is 7.98. The summed E-state index contributed by atoms with van der Waals surface area (Å²) < 4.78 is 9.62. The number of ether oxygens (including phenoxy) is 1. The van der Waals surface area contributed by atoms with Crippen LogP contribution < -0.4 is 5.32 Å². The van der Waals surface area contributed by atoms with E-state index >= 15 is 0 Å². The second-order valence-corrected chi connectivity index (χ2v) is 6.03. The molecule has 2 rings (SSSR count). The molecule has 0 aliphatic rings. The highest BCUT2D eigenvalue weighted by Gasteiger charge is 2.18. The molecule has 1 N–H and O–H groups in total. The highest BCUT2D eigenvalue weighted by molar-refractivity contribution is 5.95. The molecule has 26 heavy (non-hydrogen) atoms. The van der Waals surface area contributed by atoms with Gasteiger partial charge in [0.25, 0.3) is 5.91 Å². The third-order valence-corrected chi connectivity index (χ3v) is 3.63. The number of hydrogen-bond acceptors (Lipinski definition) is 6. The van der Waals surface area contributed by atoms with E-state index in [2.05, 4.69) is 10.5 Å². The maximum Gasteiger partial charge on any atom is 0.377 e. The van der Waals surface area contributed by atoms with Crippen LogP contribution in [-0.4, -0.2) is 48.0 Å². The first-order chi connectivity index (χ1) is 12.3. The van der Waals surface area contributed by atoms with E-state index < -0.39 is 18.5 Å². The van der Waals surface area contributed by atoms with Crippen LogP contribution in [0.4, 0.5) is 5.69 Å². The third kappa shape index (κ3) is 5.17. The predicted molar refractivity (Wildman–Crippen MR) is 93.7 cm³/mol. The van der Waals surface area contributed by atoms with Crippen LogP contribution in [0.5, 0.6) is 0 Å². The van der Waals surface area contributed by atoms with Gasteiger partial charge in [-0.05, 0) is 38.0 Å². The second-order valence-electron chi connectivity index (χ2n) is 6.03. The number of amides is 2. The van der Waals surface area contributed by atoms with Crippen molar-refractivity contribution in [3.63, 3.8) is 0 Å². The van der Waals surface area contributed by atoms with Gasteiger partial charge in [-0.1, -0.05) is 17.3 Å². The van der Waals surface area contributed by atoms with Gasteiger partial charge in [0, 0.05) is 18.8 Å². The first-order valence-electron chi connectivity index (χ1n) is 7.98. The molecule has 8 heteroatoms. The van der Waals surface area contributed by atoms with Crippen LogP contribution in [0, 0.1) is 20.8 Å². The summed E-state index contributed by atoms with van der Waals surface area (Å²) in [5, 5.41) is 6.33. The Hall–Kier alpha value is -3.16. The third-order valence-electron chi connectivity index (χ3n) is 3.63. The summed E-state index contributed by atoms with van der Waals surface area (Å²) in [6.07, 6.45) is 0. The Morgan fingerprint density at radius 2 is 1.92 bits per heavy atom. The molecule has 0 fully saturated rings. The lowest BCUT2D eigenvalue weighted by molar-refractivity contribution is -0.136. The van der Waals surface area contributed by atoms with Crippen LogP contribution in [-0.2, 0) is 14.3 Å². The number of nitrogens with zero attached hydrogens (tertiary/aromatic N) is 2. The standard InChI is InChI=1S/C18H21N3O5/c1-11-5-6-12(2)14(7-11)19-16(22)9-21(4)17(23)10-25-18(24)15-8-13(3)20-26-15/h5-8H,9-10H2,1-4H3,(H,19,22). The Labute approximate surface area is 151 Å². The highest BCUT2D eigenvalue weighted by atomic mass is 16.6. The number of anilines is 1. The fourth-order valence-corrected chi connectivity index (χ4v) is 2.13. The Morgan fingerprint density at radius 1 is 1.19 bits per heavy atom. The van der Waals surface area contributed by atoms with Crippen LogP contribution in [0.25, 0.3) is 0 Å². The molecule has 0 aliphatic carbocycles. The molecule has 2 aromatic rings. The summed E-state index contributed by atoms with van der Waals surface area (Å²) in [6, 6.07) is 7.12. The fraction of sp³-hybridized carbons (Fsp3) is 0.333. The molecule has 0 unspecified atom stereocenters. The van der Waals surface area contributed by atoms with Crippen LogP contribution in [0.2, 0.25) is 0 Å². The van der Waals surface area contributed by atoms with Crippen molar-refractivity contribution >= 4 is 23.5 Å². The molecule has 1 aromatic heterocycles. The lowest BCUT2D eigenvalue weighted by atomic mass is 10.1. The Bertz CT molecular complexity index is 828. The molecule has 0 atom stereocenters. The van der Waals surface area contributed by atoms with Crippen LogP contribution in [0.3, 0.4) is 0 Å². The molecule has 8 nitrogen and oxygen atoms in total. The summed E-state index contributed by atoms with van der Waals surface area (Å²) in [5.74, 6) is -1.71. The minimum atomic E-state index is -0.785. The van der Waals surface area contributed by atoms with E-state index in [0.717, 1.165) is 11.1 Å². The fourth-order valence-electron chi connectivity index (χ4n) is 2.13. The van der Waals surface area contributed by atoms with Crippen molar-refractivity contribution in [1.29, 1.82) is 0 Å². The quantitative estimate of drug-likeness (QED) is 0.790. The topological polar surface area (TPSA) is 102 Å². The maximum absolute atomic E-state index is 12.1. The van der Waals surface area contributed by atoms with Crippen molar-refractivity contribution in [2.45, 2.75) is 20.8 Å². The minimum Gasteiger partial charge on any atom is -0.450 e. The lowest BCUT2D eigenvalue weighted by Gasteiger charge is -2.17. The maximum atomic E-state index is 12.1. The number of aromatic nitrogens is 1. The molecule has 1 aromatic carbocycles. The molecule has 0 bridgehead atoms. The summed E-state index contributed by atoms with van der Waals surface area (Å²) in [5.41, 5.74) is 3.17. The average molecular weight is 359 g/mol. The van der Waals surface area contributed by atoms with E-state index in [0.29, 0.717) is 11.4 Å². The summed E-state index contributed by atoms with van der Waals surface area (Å²) in [6.45, 7) is 4.81. The lowest BCUT2D eigenvalue weighted by Crippen LogP contribution is -2.37. The van der Waals surface area contributed by atoms with E-state index in [-0.39, 0.29) is 18.2 Å². The summed E-state index contributed by atoms with van der Waals surface area (Å²) in [4.78, 5) is 37.0. The van der Waals surface area contributed by atoms with Gasteiger partial charge >= 0.3 is 5.97 Å². The van der Waals surface area contributed by atoms with E-state index in [9.17, 15) is 14.4 Å². The molecule has 0 spiro atoms. The van der Waals surface area contributed by atoms with Crippen LogP contribution in [0.15, 0.2) is 28.8 Å². The average Bonchev–Trinajstić information content (AvgIpc) is 3.02. The van der Waals surface area contributed by atoms with Gasteiger partial charge in [0.2, 0.25) is 11.7 Å². The largest absolute Gasteiger partial charge is 0.450 e. The molecule has 0 saturated heterocycles. The Kier molecular flexibility index (Phi) is 6.11. The molecule has 0 aliphatic heterocycles. The van der Waals surface area contributed by atoms with Crippen LogP contribution >= 0.6 is 0 Å². The van der Waals surface area contributed by atoms with Crippen molar-refractivity contribution in [3.05, 3.63) is 46.8 Å². The molecular weight excluding hydrogens is 338 g/mol. The Balaban J connectivity index is 1.83. The van der Waals surface area contributed by atoms with Gasteiger partial charge in [-0.3, -0.25) is 9.59 Å². The van der Waals surface area contributed by atoms with E-state index in [1.54, 1.807) is 6.92 Å². The van der Waals surface area contributed by atoms with Gasteiger partial charge in [-0.2, -0.15) is 0 Å². The number of nitrogens with one attached hydrogen (secondary N) is 1. The summed E-state index contributed by atoms with van der Waals surface area (Å²) >= 11 is 0. The zero-order chi connectivity index (χ0) is 19.3. The Morgan fingerprint density at radius 3 is 2.58 bits per heavy atom. The van der Waals surface area contributed by atoms with Crippen molar-refractivity contribution in [3.8, 4) is 0 Å². The van der Waals surface area contributed by atoms with Gasteiger partial charge < -0.3 is 19.5 Å². The minimum absolute atomic E-state index is 0.0781. The molecule has 138 valence electrons. The molecule has 0 radical (unpaired) electrons. The molecular formula is C18H21N3O5. The number of benzene rings is 1. The van der Waals surface area contributed by atoms with Crippen molar-refractivity contribution in [1.82, 2.24) is 10.1 Å². The van der Waals surface area contributed by atoms with Gasteiger partial charge in [0.05, 0.1) is 12.2 Å². The smallest absolute Gasteiger partial charge is 0.377 e. The number of esters is 1. The summed E-state index contributed by atoms with van der Waals surface area (Å²) in [7, 11) is 1.46. The monoisotopic (exact) mass is 359 g/mol.